The van der Waals surface area contributed by atoms with E-state index in [1.807, 2.05) is 16.9 Å². The van der Waals surface area contributed by atoms with Crippen molar-refractivity contribution in [1.29, 1.82) is 0 Å². The van der Waals surface area contributed by atoms with E-state index in [4.69, 9.17) is 0 Å². The second kappa shape index (κ2) is 6.09. The van der Waals surface area contributed by atoms with Crippen molar-refractivity contribution in [2.45, 2.75) is 25.8 Å². The first-order valence-electron chi connectivity index (χ1n) is 7.44. The maximum absolute atomic E-state index is 4.28. The van der Waals surface area contributed by atoms with Crippen molar-refractivity contribution in [2.75, 3.05) is 25.0 Å². The first-order chi connectivity index (χ1) is 9.85. The van der Waals surface area contributed by atoms with Crippen molar-refractivity contribution in [3.05, 3.63) is 42.7 Å². The molecule has 0 unspecified atom stereocenters. The van der Waals surface area contributed by atoms with Crippen LogP contribution in [0.3, 0.4) is 0 Å². The highest BCUT2D eigenvalue weighted by Gasteiger charge is 2.17. The average Bonchev–Trinajstić information content (AvgIpc) is 3.03. The number of aromatic nitrogens is 2. The summed E-state index contributed by atoms with van der Waals surface area (Å²) in [5.74, 6) is 0. The van der Waals surface area contributed by atoms with E-state index < -0.39 is 0 Å². The highest BCUT2D eigenvalue weighted by molar-refractivity contribution is 5.51. The van der Waals surface area contributed by atoms with E-state index in [-0.39, 0.29) is 0 Å². The third kappa shape index (κ3) is 3.02. The molecule has 0 aliphatic carbocycles. The van der Waals surface area contributed by atoms with Gasteiger partial charge < -0.3 is 10.2 Å². The largest absolute Gasteiger partial charge is 0.382 e. The lowest BCUT2D eigenvalue weighted by Crippen LogP contribution is -2.38. The SMILES string of the molecule is CCN1CCC(Nc2cccc(-n3cccn3)c2)CC1. The van der Waals surface area contributed by atoms with Crippen LogP contribution in [0.4, 0.5) is 5.69 Å². The smallest absolute Gasteiger partial charge is 0.0666 e. The van der Waals surface area contributed by atoms with E-state index in [1.54, 1.807) is 6.20 Å². The van der Waals surface area contributed by atoms with Crippen LogP contribution in [0.25, 0.3) is 5.69 Å². The Kier molecular flexibility index (Phi) is 4.02. The molecule has 2 heterocycles. The third-order valence-corrected chi connectivity index (χ3v) is 4.02. The van der Waals surface area contributed by atoms with Crippen LogP contribution >= 0.6 is 0 Å². The molecule has 1 aromatic heterocycles. The number of nitrogens with one attached hydrogen (secondary N) is 1. The van der Waals surface area contributed by atoms with Crippen LogP contribution in [0.2, 0.25) is 0 Å². The van der Waals surface area contributed by atoms with Crippen molar-refractivity contribution >= 4 is 5.69 Å². The van der Waals surface area contributed by atoms with Crippen LogP contribution in [0.15, 0.2) is 42.7 Å². The van der Waals surface area contributed by atoms with E-state index >= 15 is 0 Å². The molecule has 0 amide bonds. The van der Waals surface area contributed by atoms with Crippen molar-refractivity contribution < 1.29 is 0 Å². The number of anilines is 1. The minimum absolute atomic E-state index is 0.589. The Bertz CT molecular complexity index is 527. The van der Waals surface area contributed by atoms with E-state index in [9.17, 15) is 0 Å². The second-order valence-corrected chi connectivity index (χ2v) is 5.35. The average molecular weight is 270 g/mol. The lowest BCUT2D eigenvalue weighted by atomic mass is 10.0. The molecule has 4 nitrogen and oxygen atoms in total. The lowest BCUT2D eigenvalue weighted by molar-refractivity contribution is 0.229. The van der Waals surface area contributed by atoms with Gasteiger partial charge >= 0.3 is 0 Å². The molecule has 0 spiro atoms. The van der Waals surface area contributed by atoms with Crippen LogP contribution < -0.4 is 5.32 Å². The van der Waals surface area contributed by atoms with Gasteiger partial charge in [-0.2, -0.15) is 5.10 Å². The topological polar surface area (TPSA) is 33.1 Å². The molecular weight excluding hydrogens is 248 g/mol. The minimum Gasteiger partial charge on any atom is -0.382 e. The van der Waals surface area contributed by atoms with Gasteiger partial charge in [-0.1, -0.05) is 13.0 Å². The molecule has 0 atom stereocenters. The molecule has 1 fully saturated rings. The quantitative estimate of drug-likeness (QED) is 0.927. The summed E-state index contributed by atoms with van der Waals surface area (Å²) in [6.07, 6.45) is 6.22. The second-order valence-electron chi connectivity index (χ2n) is 5.35. The molecule has 106 valence electrons. The molecule has 0 saturated carbocycles. The maximum Gasteiger partial charge on any atom is 0.0666 e. The number of benzene rings is 1. The molecular formula is C16H22N4. The van der Waals surface area contributed by atoms with Gasteiger partial charge in [-0.05, 0) is 43.7 Å². The first kappa shape index (κ1) is 13.2. The Morgan fingerprint density at radius 3 is 2.80 bits per heavy atom. The van der Waals surface area contributed by atoms with Crippen LogP contribution in [0.1, 0.15) is 19.8 Å². The van der Waals surface area contributed by atoms with Crippen LogP contribution in [0.5, 0.6) is 0 Å². The van der Waals surface area contributed by atoms with Crippen molar-refractivity contribution in [2.24, 2.45) is 0 Å². The van der Waals surface area contributed by atoms with Crippen LogP contribution in [-0.2, 0) is 0 Å². The highest BCUT2D eigenvalue weighted by Crippen LogP contribution is 2.19. The van der Waals surface area contributed by atoms with Gasteiger partial charge in [0.2, 0.25) is 0 Å². The molecule has 3 rings (SSSR count). The number of piperidine rings is 1. The Morgan fingerprint density at radius 2 is 2.10 bits per heavy atom. The molecule has 0 radical (unpaired) electrons. The van der Waals surface area contributed by atoms with Gasteiger partial charge in [0.05, 0.1) is 5.69 Å². The van der Waals surface area contributed by atoms with E-state index in [0.29, 0.717) is 6.04 Å². The fraction of sp³-hybridized carbons (Fsp3) is 0.438. The predicted molar refractivity (Wildman–Crippen MR) is 82.3 cm³/mol. The van der Waals surface area contributed by atoms with Gasteiger partial charge in [0, 0.05) is 37.2 Å². The number of hydrogen-bond acceptors (Lipinski definition) is 3. The van der Waals surface area contributed by atoms with Crippen LogP contribution in [-0.4, -0.2) is 40.4 Å². The summed E-state index contributed by atoms with van der Waals surface area (Å²) in [6.45, 7) is 5.81. The van der Waals surface area contributed by atoms with Gasteiger partial charge in [-0.3, -0.25) is 0 Å². The summed E-state index contributed by atoms with van der Waals surface area (Å²) in [7, 11) is 0. The summed E-state index contributed by atoms with van der Waals surface area (Å²) in [5, 5.41) is 7.94. The number of likely N-dealkylation sites (tertiary alicyclic amines) is 1. The fourth-order valence-corrected chi connectivity index (χ4v) is 2.79. The molecule has 1 aliphatic heterocycles. The summed E-state index contributed by atoms with van der Waals surface area (Å²) < 4.78 is 1.89. The summed E-state index contributed by atoms with van der Waals surface area (Å²) in [6, 6.07) is 11.0. The molecule has 1 aromatic carbocycles. The Morgan fingerprint density at radius 1 is 1.25 bits per heavy atom. The van der Waals surface area contributed by atoms with E-state index in [1.165, 1.54) is 38.2 Å². The van der Waals surface area contributed by atoms with Crippen molar-refractivity contribution in [1.82, 2.24) is 14.7 Å². The lowest BCUT2D eigenvalue weighted by Gasteiger charge is -2.32. The molecule has 1 N–H and O–H groups in total. The van der Waals surface area contributed by atoms with Gasteiger partial charge in [0.15, 0.2) is 0 Å². The molecule has 1 saturated heterocycles. The zero-order chi connectivity index (χ0) is 13.8. The number of nitrogens with zero attached hydrogens (tertiary/aromatic N) is 3. The number of rotatable bonds is 4. The fourth-order valence-electron chi connectivity index (χ4n) is 2.79. The highest BCUT2D eigenvalue weighted by atomic mass is 15.3. The summed E-state index contributed by atoms with van der Waals surface area (Å²) in [4.78, 5) is 2.51. The summed E-state index contributed by atoms with van der Waals surface area (Å²) >= 11 is 0. The van der Waals surface area contributed by atoms with E-state index in [0.717, 1.165) is 5.69 Å². The maximum atomic E-state index is 4.28. The van der Waals surface area contributed by atoms with Crippen LogP contribution in [0, 0.1) is 0 Å². The third-order valence-electron chi connectivity index (χ3n) is 4.02. The van der Waals surface area contributed by atoms with Gasteiger partial charge in [-0.25, -0.2) is 4.68 Å². The number of hydrogen-bond donors (Lipinski definition) is 1. The predicted octanol–water partition coefficient (Wildman–Crippen LogP) is 2.77. The molecule has 2 aromatic rings. The first-order valence-corrected chi connectivity index (χ1v) is 7.44. The van der Waals surface area contributed by atoms with Gasteiger partial charge in [0.1, 0.15) is 0 Å². The zero-order valence-electron chi connectivity index (χ0n) is 12.0. The standard InChI is InChI=1S/C16H22N4/c1-2-19-11-7-14(8-12-19)18-15-5-3-6-16(13-15)20-10-4-9-17-20/h3-6,9-10,13-14,18H,2,7-8,11-12H2,1H3. The molecule has 20 heavy (non-hydrogen) atoms. The Balaban J connectivity index is 1.65. The van der Waals surface area contributed by atoms with Gasteiger partial charge in [-0.15, -0.1) is 0 Å². The van der Waals surface area contributed by atoms with Crippen molar-refractivity contribution in [3.63, 3.8) is 0 Å². The Hall–Kier alpha value is -1.81. The minimum atomic E-state index is 0.589. The normalized spacial score (nSPS) is 17.2. The molecule has 0 bridgehead atoms. The Labute approximate surface area is 120 Å². The van der Waals surface area contributed by atoms with E-state index in [2.05, 4.69) is 46.5 Å². The van der Waals surface area contributed by atoms with Crippen molar-refractivity contribution in [3.8, 4) is 5.69 Å². The monoisotopic (exact) mass is 270 g/mol. The zero-order valence-corrected chi connectivity index (χ0v) is 12.0. The summed E-state index contributed by atoms with van der Waals surface area (Å²) in [5.41, 5.74) is 2.29. The molecule has 1 aliphatic rings. The molecule has 4 heteroatoms. The van der Waals surface area contributed by atoms with Gasteiger partial charge in [0.25, 0.3) is 0 Å².